The van der Waals surface area contributed by atoms with Crippen LogP contribution in [0, 0.1) is 12.8 Å². The van der Waals surface area contributed by atoms with Crippen molar-refractivity contribution < 1.29 is 9.59 Å². The minimum atomic E-state index is 0.0492. The molecule has 1 aliphatic rings. The molecule has 26 heavy (non-hydrogen) atoms. The first-order valence-corrected chi connectivity index (χ1v) is 10.3. The molecule has 2 aromatic heterocycles. The zero-order valence-corrected chi connectivity index (χ0v) is 16.2. The van der Waals surface area contributed by atoms with E-state index in [1.54, 1.807) is 11.8 Å². The maximum atomic E-state index is 12.4. The van der Waals surface area contributed by atoms with E-state index in [1.807, 2.05) is 34.6 Å². The van der Waals surface area contributed by atoms with Crippen LogP contribution in [-0.2, 0) is 15.3 Å². The SMILES string of the molecule is CCNC(=O)C1CCN(C(=O)CSCc2cn3cc(C)ccc3n2)CC1. The van der Waals surface area contributed by atoms with Crippen molar-refractivity contribution in [2.24, 2.45) is 5.92 Å². The molecule has 2 amide bonds. The second kappa shape index (κ2) is 8.58. The highest BCUT2D eigenvalue weighted by atomic mass is 32.2. The number of amides is 2. The van der Waals surface area contributed by atoms with Crippen molar-refractivity contribution in [3.05, 3.63) is 35.8 Å². The van der Waals surface area contributed by atoms with Crippen LogP contribution < -0.4 is 5.32 Å². The molecule has 0 aliphatic carbocycles. The smallest absolute Gasteiger partial charge is 0.232 e. The molecule has 1 aliphatic heterocycles. The van der Waals surface area contributed by atoms with Gasteiger partial charge in [0.2, 0.25) is 11.8 Å². The first-order chi connectivity index (χ1) is 12.6. The molecule has 0 saturated carbocycles. The van der Waals surface area contributed by atoms with E-state index in [9.17, 15) is 9.59 Å². The van der Waals surface area contributed by atoms with Gasteiger partial charge in [-0.1, -0.05) is 6.07 Å². The first-order valence-electron chi connectivity index (χ1n) is 9.14. The molecule has 0 aromatic carbocycles. The van der Waals surface area contributed by atoms with Gasteiger partial charge < -0.3 is 14.6 Å². The van der Waals surface area contributed by atoms with E-state index in [1.165, 1.54) is 5.56 Å². The number of rotatable bonds is 6. The van der Waals surface area contributed by atoms with Crippen LogP contribution in [0.25, 0.3) is 5.65 Å². The highest BCUT2D eigenvalue weighted by Crippen LogP contribution is 2.19. The number of aryl methyl sites for hydroxylation is 1. The van der Waals surface area contributed by atoms with E-state index in [0.717, 1.165) is 29.9 Å². The number of hydrogen-bond acceptors (Lipinski definition) is 4. The number of aromatic nitrogens is 2. The fourth-order valence-corrected chi connectivity index (χ4v) is 4.08. The Morgan fingerprint density at radius 3 is 2.77 bits per heavy atom. The molecule has 6 nitrogen and oxygen atoms in total. The van der Waals surface area contributed by atoms with Gasteiger partial charge in [-0.3, -0.25) is 9.59 Å². The lowest BCUT2D eigenvalue weighted by Gasteiger charge is -2.31. The van der Waals surface area contributed by atoms with Gasteiger partial charge in [-0.15, -0.1) is 11.8 Å². The van der Waals surface area contributed by atoms with E-state index in [4.69, 9.17) is 0 Å². The minimum Gasteiger partial charge on any atom is -0.356 e. The van der Waals surface area contributed by atoms with E-state index in [-0.39, 0.29) is 17.7 Å². The molecule has 1 N–H and O–H groups in total. The van der Waals surface area contributed by atoms with Gasteiger partial charge in [0.15, 0.2) is 0 Å². The van der Waals surface area contributed by atoms with Crippen LogP contribution >= 0.6 is 11.8 Å². The maximum Gasteiger partial charge on any atom is 0.232 e. The Kier molecular flexibility index (Phi) is 6.19. The predicted octanol–water partition coefficient (Wildman–Crippen LogP) is 2.25. The second-order valence-electron chi connectivity index (χ2n) is 6.75. The Labute approximate surface area is 158 Å². The summed E-state index contributed by atoms with van der Waals surface area (Å²) in [6, 6.07) is 4.06. The fourth-order valence-electron chi connectivity index (χ4n) is 3.27. The molecule has 0 atom stereocenters. The van der Waals surface area contributed by atoms with Crippen molar-refractivity contribution in [3.63, 3.8) is 0 Å². The van der Waals surface area contributed by atoms with Gasteiger partial charge in [0.05, 0.1) is 11.4 Å². The van der Waals surface area contributed by atoms with Crippen LogP contribution in [-0.4, -0.2) is 51.5 Å². The molecule has 0 unspecified atom stereocenters. The summed E-state index contributed by atoms with van der Waals surface area (Å²) in [6.07, 6.45) is 5.60. The number of carbonyl (C=O) groups is 2. The van der Waals surface area contributed by atoms with E-state index in [0.29, 0.717) is 25.4 Å². The third kappa shape index (κ3) is 4.58. The van der Waals surface area contributed by atoms with Gasteiger partial charge >= 0.3 is 0 Å². The first kappa shape index (κ1) is 18.8. The summed E-state index contributed by atoms with van der Waals surface area (Å²) in [7, 11) is 0. The highest BCUT2D eigenvalue weighted by Gasteiger charge is 2.26. The van der Waals surface area contributed by atoms with Crippen molar-refractivity contribution in [1.29, 1.82) is 0 Å². The van der Waals surface area contributed by atoms with E-state index in [2.05, 4.69) is 23.4 Å². The zero-order valence-electron chi connectivity index (χ0n) is 15.4. The number of piperidine rings is 1. The van der Waals surface area contributed by atoms with Crippen LogP contribution in [0.3, 0.4) is 0 Å². The molecular weight excluding hydrogens is 348 g/mol. The molecule has 7 heteroatoms. The topological polar surface area (TPSA) is 66.7 Å². The summed E-state index contributed by atoms with van der Waals surface area (Å²) < 4.78 is 2.03. The molecule has 3 rings (SSSR count). The molecular formula is C19H26N4O2S. The summed E-state index contributed by atoms with van der Waals surface area (Å²) in [5.74, 6) is 1.51. The van der Waals surface area contributed by atoms with Crippen LogP contribution in [0.15, 0.2) is 24.5 Å². The second-order valence-corrected chi connectivity index (χ2v) is 7.73. The Bertz CT molecular complexity index is 781. The third-order valence-corrected chi connectivity index (χ3v) is 5.64. The number of pyridine rings is 1. The number of fused-ring (bicyclic) bond motifs is 1. The van der Waals surface area contributed by atoms with Gasteiger partial charge in [0.1, 0.15) is 5.65 Å². The maximum absolute atomic E-state index is 12.4. The Morgan fingerprint density at radius 1 is 1.27 bits per heavy atom. The largest absolute Gasteiger partial charge is 0.356 e. The van der Waals surface area contributed by atoms with E-state index < -0.39 is 0 Å². The monoisotopic (exact) mass is 374 g/mol. The van der Waals surface area contributed by atoms with E-state index >= 15 is 0 Å². The average Bonchev–Trinajstić information content (AvgIpc) is 3.03. The van der Waals surface area contributed by atoms with Gasteiger partial charge in [-0.25, -0.2) is 4.98 Å². The Hall–Kier alpha value is -2.02. The number of thioether (sulfide) groups is 1. The van der Waals surface area contributed by atoms with Gasteiger partial charge in [-0.2, -0.15) is 0 Å². The molecule has 1 saturated heterocycles. The van der Waals surface area contributed by atoms with Crippen molar-refractivity contribution in [3.8, 4) is 0 Å². The standard InChI is InChI=1S/C19H26N4O2S/c1-3-20-19(25)15-6-8-22(9-7-15)18(24)13-26-12-16-11-23-10-14(2)4-5-17(23)21-16/h4-5,10-11,15H,3,6-9,12-13H2,1-2H3,(H,20,25). The van der Waals surface area contributed by atoms with Gasteiger partial charge in [-0.05, 0) is 38.3 Å². The number of likely N-dealkylation sites (tertiary alicyclic amines) is 1. The summed E-state index contributed by atoms with van der Waals surface area (Å²) in [5, 5.41) is 2.87. The summed E-state index contributed by atoms with van der Waals surface area (Å²) in [5.41, 5.74) is 3.12. The van der Waals surface area contributed by atoms with Crippen LogP contribution in [0.5, 0.6) is 0 Å². The molecule has 3 heterocycles. The number of nitrogens with zero attached hydrogens (tertiary/aromatic N) is 3. The highest BCUT2D eigenvalue weighted by molar-refractivity contribution is 7.99. The molecule has 140 valence electrons. The number of carbonyl (C=O) groups excluding carboxylic acids is 2. The molecule has 1 fully saturated rings. The molecule has 0 bridgehead atoms. The zero-order chi connectivity index (χ0) is 18.5. The Balaban J connectivity index is 1.43. The normalized spacial score (nSPS) is 15.4. The molecule has 2 aromatic rings. The summed E-state index contributed by atoms with van der Waals surface area (Å²) >= 11 is 1.60. The lowest BCUT2D eigenvalue weighted by atomic mass is 9.96. The molecule has 0 spiro atoms. The lowest BCUT2D eigenvalue weighted by Crippen LogP contribution is -2.43. The fraction of sp³-hybridized carbons (Fsp3) is 0.526. The predicted molar refractivity (Wildman–Crippen MR) is 104 cm³/mol. The van der Waals surface area contributed by atoms with Crippen LogP contribution in [0.4, 0.5) is 0 Å². The summed E-state index contributed by atoms with van der Waals surface area (Å²) in [6.45, 7) is 6.00. The lowest BCUT2D eigenvalue weighted by molar-refractivity contribution is -0.133. The van der Waals surface area contributed by atoms with Crippen molar-refractivity contribution in [2.75, 3.05) is 25.4 Å². The van der Waals surface area contributed by atoms with Gasteiger partial charge in [0.25, 0.3) is 0 Å². The Morgan fingerprint density at radius 2 is 2.04 bits per heavy atom. The number of hydrogen-bond donors (Lipinski definition) is 1. The minimum absolute atomic E-state index is 0.0492. The average molecular weight is 375 g/mol. The molecule has 0 radical (unpaired) electrons. The quantitative estimate of drug-likeness (QED) is 0.842. The van der Waals surface area contributed by atoms with Crippen LogP contribution in [0.2, 0.25) is 0 Å². The van der Waals surface area contributed by atoms with Gasteiger partial charge in [0, 0.05) is 43.7 Å². The van der Waals surface area contributed by atoms with Crippen molar-refractivity contribution in [2.45, 2.75) is 32.4 Å². The van der Waals surface area contributed by atoms with Crippen molar-refractivity contribution >= 4 is 29.2 Å². The summed E-state index contributed by atoms with van der Waals surface area (Å²) in [4.78, 5) is 30.7. The third-order valence-electron chi connectivity index (χ3n) is 4.69. The number of nitrogens with one attached hydrogen (secondary N) is 1. The van der Waals surface area contributed by atoms with Crippen molar-refractivity contribution in [1.82, 2.24) is 19.6 Å². The van der Waals surface area contributed by atoms with Crippen LogP contribution in [0.1, 0.15) is 31.0 Å². The number of imidazole rings is 1.